The fraction of sp³-hybridized carbons (Fsp3) is 0.500. The molecule has 0 aliphatic carbocycles. The first-order valence-corrected chi connectivity index (χ1v) is 7.78. The average Bonchev–Trinajstić information content (AvgIpc) is 2.25. The van der Waals surface area contributed by atoms with Crippen LogP contribution in [0, 0.1) is 0 Å². The highest BCUT2D eigenvalue weighted by molar-refractivity contribution is 7.90. The fourth-order valence-corrected chi connectivity index (χ4v) is 1.95. The summed E-state index contributed by atoms with van der Waals surface area (Å²) < 4.78 is 23.5. The molecule has 0 atom stereocenters. The third-order valence-corrected chi connectivity index (χ3v) is 3.13. The zero-order chi connectivity index (χ0) is 13.8. The lowest BCUT2D eigenvalue weighted by Gasteiger charge is -2.06. The molecule has 0 radical (unpaired) electrons. The molecule has 1 aromatic rings. The number of hydrogen-bond donors (Lipinski definition) is 0. The Hall–Kier alpha value is -1.43. The van der Waals surface area contributed by atoms with Crippen molar-refractivity contribution in [2.45, 2.75) is 26.3 Å². The van der Waals surface area contributed by atoms with Crippen molar-refractivity contribution in [3.05, 3.63) is 29.9 Å². The number of aromatic nitrogens is 1. The molecule has 1 heterocycles. The van der Waals surface area contributed by atoms with E-state index in [9.17, 15) is 13.2 Å². The number of nitrogens with zero attached hydrogens (tertiary/aromatic N) is 2. The maximum absolute atomic E-state index is 11.9. The van der Waals surface area contributed by atoms with Gasteiger partial charge in [-0.15, -0.1) is 0 Å². The molecule has 0 N–H and O–H groups in total. The summed E-state index contributed by atoms with van der Waals surface area (Å²) in [7, 11) is -3.13. The Morgan fingerprint density at radius 1 is 1.39 bits per heavy atom. The average molecular weight is 270 g/mol. The number of carbonyl (C=O) groups excluding carboxylic acids is 1. The molecule has 100 valence electrons. The van der Waals surface area contributed by atoms with Crippen molar-refractivity contribution in [2.24, 2.45) is 4.99 Å². The van der Waals surface area contributed by atoms with Gasteiger partial charge >= 0.3 is 0 Å². The van der Waals surface area contributed by atoms with Crippen molar-refractivity contribution >= 4 is 15.7 Å². The van der Waals surface area contributed by atoms with Gasteiger partial charge in [-0.25, -0.2) is 8.42 Å². The van der Waals surface area contributed by atoms with E-state index in [4.69, 9.17) is 0 Å². The van der Waals surface area contributed by atoms with E-state index in [1.807, 2.05) is 13.8 Å². The van der Waals surface area contributed by atoms with Gasteiger partial charge in [0.25, 0.3) is 0 Å². The topological polar surface area (TPSA) is 68.5 Å². The second-order valence-corrected chi connectivity index (χ2v) is 6.69. The molecule has 0 aliphatic rings. The zero-order valence-corrected chi connectivity index (χ0v) is 11.6. The van der Waals surface area contributed by atoms with Crippen LogP contribution in [0.2, 0.25) is 0 Å². The second kappa shape index (κ2) is 5.95. The number of pyridine rings is 1. The summed E-state index contributed by atoms with van der Waals surface area (Å²) in [5.74, 6) is -0.407. The van der Waals surface area contributed by atoms with Crippen LogP contribution in [0.3, 0.4) is 0 Å². The normalized spacial score (nSPS) is 13.0. The van der Waals surface area contributed by atoms with Gasteiger partial charge in [0.05, 0.1) is 5.75 Å². The Morgan fingerprint density at radius 2 is 2.06 bits per heavy atom. The van der Waals surface area contributed by atoms with Gasteiger partial charge in [-0.2, -0.15) is 0 Å². The summed E-state index contributed by atoms with van der Waals surface area (Å²) >= 11 is 0. The molecular weight excluding hydrogens is 252 g/mol. The molecule has 0 spiro atoms. The van der Waals surface area contributed by atoms with Crippen molar-refractivity contribution in [3.8, 4) is 0 Å². The van der Waals surface area contributed by atoms with Crippen LogP contribution >= 0.6 is 0 Å². The largest absolute Gasteiger partial charge is 0.274 e. The predicted molar refractivity (Wildman–Crippen MR) is 70.1 cm³/mol. The lowest BCUT2D eigenvalue weighted by molar-refractivity contribution is 0.0904. The molecule has 0 saturated heterocycles. The van der Waals surface area contributed by atoms with Gasteiger partial charge in [0.1, 0.15) is 15.3 Å². The quantitative estimate of drug-likeness (QED) is 0.815. The van der Waals surface area contributed by atoms with E-state index < -0.39 is 9.84 Å². The highest BCUT2D eigenvalue weighted by atomic mass is 32.2. The fourth-order valence-electron chi connectivity index (χ4n) is 1.41. The van der Waals surface area contributed by atoms with Crippen LogP contribution in [0.15, 0.2) is 29.4 Å². The lowest BCUT2D eigenvalue weighted by Crippen LogP contribution is -2.28. The van der Waals surface area contributed by atoms with Crippen LogP contribution in [-0.2, 0) is 9.84 Å². The summed E-state index contributed by atoms with van der Waals surface area (Å²) in [4.78, 5) is 16.2. The van der Waals surface area contributed by atoms with E-state index in [1.165, 1.54) is 4.57 Å². The van der Waals surface area contributed by atoms with E-state index in [0.29, 0.717) is 5.49 Å². The molecule has 6 heteroatoms. The molecule has 5 nitrogen and oxygen atoms in total. The van der Waals surface area contributed by atoms with Crippen LogP contribution in [-0.4, -0.2) is 36.9 Å². The molecule has 18 heavy (non-hydrogen) atoms. The first kappa shape index (κ1) is 14.6. The molecule has 1 aromatic heterocycles. The van der Waals surface area contributed by atoms with Gasteiger partial charge in [-0.05, 0) is 26.0 Å². The van der Waals surface area contributed by atoms with Crippen LogP contribution in [0.1, 0.15) is 25.1 Å². The minimum atomic E-state index is -3.13. The summed E-state index contributed by atoms with van der Waals surface area (Å²) in [6.07, 6.45) is 2.69. The van der Waals surface area contributed by atoms with E-state index in [0.717, 1.165) is 6.26 Å². The molecular formula is C12H18N2O3S. The monoisotopic (exact) mass is 270 g/mol. The van der Waals surface area contributed by atoms with E-state index in [1.54, 1.807) is 24.4 Å². The number of rotatable bonds is 4. The minimum absolute atomic E-state index is 0.0336. The highest BCUT2D eigenvalue weighted by Gasteiger charge is 2.10. The number of carbonyl (C=O) groups is 1. The third kappa shape index (κ3) is 4.83. The Bertz CT molecular complexity index is 585. The maximum Gasteiger partial charge on any atom is 0.233 e. The summed E-state index contributed by atoms with van der Waals surface area (Å²) in [5, 5.41) is 0. The van der Waals surface area contributed by atoms with Gasteiger partial charge < -0.3 is 0 Å². The van der Waals surface area contributed by atoms with E-state index >= 15 is 0 Å². The molecule has 1 rings (SSSR count). The van der Waals surface area contributed by atoms with Gasteiger partial charge in [0, 0.05) is 24.9 Å². The van der Waals surface area contributed by atoms with Crippen LogP contribution in [0.5, 0.6) is 0 Å². The van der Waals surface area contributed by atoms with Crippen molar-refractivity contribution in [2.75, 3.05) is 12.0 Å². The van der Waals surface area contributed by atoms with E-state index in [-0.39, 0.29) is 24.1 Å². The van der Waals surface area contributed by atoms with Crippen molar-refractivity contribution in [1.82, 2.24) is 4.57 Å². The summed E-state index contributed by atoms with van der Waals surface area (Å²) in [6.45, 7) is 3.83. The van der Waals surface area contributed by atoms with Crippen LogP contribution < -0.4 is 5.49 Å². The smallest absolute Gasteiger partial charge is 0.233 e. The van der Waals surface area contributed by atoms with Crippen LogP contribution in [0.25, 0.3) is 0 Å². The predicted octanol–water partition coefficient (Wildman–Crippen LogP) is 0.872. The molecule has 0 saturated carbocycles. The highest BCUT2D eigenvalue weighted by Crippen LogP contribution is 1.94. The molecule has 0 aromatic carbocycles. The van der Waals surface area contributed by atoms with Gasteiger partial charge in [-0.3, -0.25) is 14.4 Å². The Labute approximate surface area is 107 Å². The summed E-state index contributed by atoms with van der Waals surface area (Å²) in [5.41, 5.74) is 0.547. The first-order chi connectivity index (χ1) is 8.29. The van der Waals surface area contributed by atoms with Crippen LogP contribution in [0.4, 0.5) is 0 Å². The minimum Gasteiger partial charge on any atom is -0.274 e. The second-order valence-electron chi connectivity index (χ2n) is 4.43. The molecule has 0 unspecified atom stereocenters. The third-order valence-electron chi connectivity index (χ3n) is 2.18. The van der Waals surface area contributed by atoms with Crippen molar-refractivity contribution in [3.63, 3.8) is 0 Å². The SMILES string of the molecule is CC(C)N=c1ccccn1C(=O)CCS(C)(=O)=O. The van der Waals surface area contributed by atoms with Gasteiger partial charge in [-0.1, -0.05) is 6.07 Å². The van der Waals surface area contributed by atoms with Gasteiger partial charge in [0.2, 0.25) is 5.91 Å². The molecule has 0 aliphatic heterocycles. The van der Waals surface area contributed by atoms with E-state index in [2.05, 4.69) is 4.99 Å². The molecule has 0 bridgehead atoms. The Balaban J connectivity index is 3.00. The Kier molecular flexibility index (Phi) is 4.84. The molecule has 0 amide bonds. The van der Waals surface area contributed by atoms with Gasteiger partial charge in [0.15, 0.2) is 0 Å². The van der Waals surface area contributed by atoms with Crippen molar-refractivity contribution in [1.29, 1.82) is 0 Å². The lowest BCUT2D eigenvalue weighted by atomic mass is 10.4. The van der Waals surface area contributed by atoms with Crippen molar-refractivity contribution < 1.29 is 13.2 Å². The first-order valence-electron chi connectivity index (χ1n) is 5.72. The summed E-state index contributed by atoms with van der Waals surface area (Å²) in [6, 6.07) is 5.32. The standard InChI is InChI=1S/C12H18N2O3S/c1-10(2)13-11-6-4-5-8-14(11)12(15)7-9-18(3,16)17/h4-6,8,10H,7,9H2,1-3H3. The maximum atomic E-state index is 11.9. The number of hydrogen-bond acceptors (Lipinski definition) is 4. The zero-order valence-electron chi connectivity index (χ0n) is 10.8. The Morgan fingerprint density at radius 3 is 2.61 bits per heavy atom. The number of sulfone groups is 1. The molecule has 0 fully saturated rings.